The van der Waals surface area contributed by atoms with E-state index in [9.17, 15) is 4.79 Å². The Bertz CT molecular complexity index is 522. The molecule has 0 radical (unpaired) electrons. The Morgan fingerprint density at radius 2 is 1.55 bits per heavy atom. The largest absolute Gasteiger partial charge is 0.312 e. The lowest BCUT2D eigenvalue weighted by Crippen LogP contribution is -2.33. The molecule has 0 spiro atoms. The second-order valence-corrected chi connectivity index (χ2v) is 4.90. The van der Waals surface area contributed by atoms with Crippen LogP contribution in [0, 0.1) is 0 Å². The van der Waals surface area contributed by atoms with Gasteiger partial charge in [-0.3, -0.25) is 4.79 Å². The van der Waals surface area contributed by atoms with Crippen molar-refractivity contribution >= 4 is 11.6 Å². The van der Waals surface area contributed by atoms with Gasteiger partial charge in [0.2, 0.25) is 5.91 Å². The van der Waals surface area contributed by atoms with Gasteiger partial charge < -0.3 is 4.90 Å². The Morgan fingerprint density at radius 1 is 0.950 bits per heavy atom. The third-order valence-electron chi connectivity index (χ3n) is 3.30. The molecule has 20 heavy (non-hydrogen) atoms. The lowest BCUT2D eigenvalue weighted by Gasteiger charge is -2.22. The van der Waals surface area contributed by atoms with Crippen molar-refractivity contribution in [1.82, 2.24) is 0 Å². The molecule has 0 fully saturated rings. The van der Waals surface area contributed by atoms with E-state index in [4.69, 9.17) is 0 Å². The number of nitrogens with zero attached hydrogens (tertiary/aromatic N) is 1. The van der Waals surface area contributed by atoms with Crippen molar-refractivity contribution in [3.05, 3.63) is 66.2 Å². The summed E-state index contributed by atoms with van der Waals surface area (Å²) in [6, 6.07) is 19.8. The van der Waals surface area contributed by atoms with Crippen LogP contribution in [0.1, 0.15) is 25.3 Å². The predicted molar refractivity (Wildman–Crippen MR) is 83.8 cm³/mol. The van der Waals surface area contributed by atoms with Gasteiger partial charge in [-0.15, -0.1) is 0 Å². The molecule has 0 unspecified atom stereocenters. The third-order valence-corrected chi connectivity index (χ3v) is 3.30. The van der Waals surface area contributed by atoms with Gasteiger partial charge in [0.1, 0.15) is 0 Å². The van der Waals surface area contributed by atoms with Crippen LogP contribution in [0.2, 0.25) is 0 Å². The molecule has 1 amide bonds. The van der Waals surface area contributed by atoms with Gasteiger partial charge >= 0.3 is 0 Å². The highest BCUT2D eigenvalue weighted by molar-refractivity contribution is 5.94. The Labute approximate surface area is 121 Å². The number of para-hydroxylation sites is 1. The molecular formula is C18H21NO. The summed E-state index contributed by atoms with van der Waals surface area (Å²) in [6.45, 7) is 2.93. The monoisotopic (exact) mass is 267 g/mol. The summed E-state index contributed by atoms with van der Waals surface area (Å²) in [4.78, 5) is 14.4. The summed E-state index contributed by atoms with van der Waals surface area (Å²) >= 11 is 0. The van der Waals surface area contributed by atoms with Gasteiger partial charge in [0.25, 0.3) is 0 Å². The van der Waals surface area contributed by atoms with Crippen molar-refractivity contribution in [1.29, 1.82) is 0 Å². The molecule has 2 rings (SSSR count). The minimum Gasteiger partial charge on any atom is -0.312 e. The van der Waals surface area contributed by atoms with Crippen LogP contribution in [0.3, 0.4) is 0 Å². The number of carbonyl (C=O) groups is 1. The van der Waals surface area contributed by atoms with Crippen molar-refractivity contribution < 1.29 is 4.79 Å². The number of hydrogen-bond acceptors (Lipinski definition) is 1. The number of rotatable bonds is 6. The van der Waals surface area contributed by atoms with Crippen LogP contribution >= 0.6 is 0 Å². The average Bonchev–Trinajstić information content (AvgIpc) is 2.50. The van der Waals surface area contributed by atoms with E-state index in [1.165, 1.54) is 0 Å². The SMILES string of the molecule is CCCCN(C(=O)Cc1ccccc1)c1ccccc1. The van der Waals surface area contributed by atoms with Crippen LogP contribution in [0.25, 0.3) is 0 Å². The molecule has 0 saturated heterocycles. The molecule has 0 heterocycles. The normalized spacial score (nSPS) is 10.2. The van der Waals surface area contributed by atoms with Crippen LogP contribution < -0.4 is 4.90 Å². The maximum Gasteiger partial charge on any atom is 0.231 e. The minimum absolute atomic E-state index is 0.163. The number of hydrogen-bond donors (Lipinski definition) is 0. The standard InChI is InChI=1S/C18H21NO/c1-2-3-14-19(17-12-8-5-9-13-17)18(20)15-16-10-6-4-7-11-16/h4-13H,2-3,14-15H2,1H3. The molecule has 0 aliphatic heterocycles. The fourth-order valence-electron chi connectivity index (χ4n) is 2.19. The van der Waals surface area contributed by atoms with E-state index in [0.29, 0.717) is 6.42 Å². The van der Waals surface area contributed by atoms with Crippen LogP contribution in [-0.2, 0) is 11.2 Å². The molecule has 2 aromatic rings. The summed E-state index contributed by atoms with van der Waals surface area (Å²) < 4.78 is 0. The first-order valence-electron chi connectivity index (χ1n) is 7.20. The second kappa shape index (κ2) is 7.49. The fourth-order valence-corrected chi connectivity index (χ4v) is 2.19. The van der Waals surface area contributed by atoms with Crippen LogP contribution in [-0.4, -0.2) is 12.5 Å². The van der Waals surface area contributed by atoms with Gasteiger partial charge in [0.05, 0.1) is 6.42 Å². The molecule has 0 bridgehead atoms. The minimum atomic E-state index is 0.163. The highest BCUT2D eigenvalue weighted by atomic mass is 16.2. The van der Waals surface area contributed by atoms with Gasteiger partial charge in [-0.2, -0.15) is 0 Å². The molecule has 2 heteroatoms. The van der Waals surface area contributed by atoms with Crippen LogP contribution in [0.4, 0.5) is 5.69 Å². The maximum absolute atomic E-state index is 12.5. The number of amides is 1. The van der Waals surface area contributed by atoms with Crippen LogP contribution in [0.5, 0.6) is 0 Å². The molecule has 0 aliphatic carbocycles. The van der Waals surface area contributed by atoms with E-state index in [1.54, 1.807) is 0 Å². The number of unbranched alkanes of at least 4 members (excludes halogenated alkanes) is 1. The first kappa shape index (κ1) is 14.3. The summed E-state index contributed by atoms with van der Waals surface area (Å²) in [7, 11) is 0. The molecule has 0 saturated carbocycles. The van der Waals surface area contributed by atoms with E-state index in [1.807, 2.05) is 65.6 Å². The zero-order valence-electron chi connectivity index (χ0n) is 12.0. The third kappa shape index (κ3) is 3.95. The first-order valence-corrected chi connectivity index (χ1v) is 7.20. The molecule has 2 nitrogen and oxygen atoms in total. The van der Waals surface area contributed by atoms with Crippen LogP contribution in [0.15, 0.2) is 60.7 Å². The molecule has 0 aliphatic rings. The molecule has 0 aromatic heterocycles. The van der Waals surface area contributed by atoms with E-state index >= 15 is 0 Å². The summed E-state index contributed by atoms with van der Waals surface area (Å²) in [5, 5.41) is 0. The van der Waals surface area contributed by atoms with Gasteiger partial charge in [-0.1, -0.05) is 61.9 Å². The van der Waals surface area contributed by atoms with Crippen molar-refractivity contribution in [2.24, 2.45) is 0 Å². The average molecular weight is 267 g/mol. The molecule has 0 atom stereocenters. The zero-order chi connectivity index (χ0) is 14.2. The van der Waals surface area contributed by atoms with Crippen molar-refractivity contribution in [3.63, 3.8) is 0 Å². The second-order valence-electron chi connectivity index (χ2n) is 4.90. The lowest BCUT2D eigenvalue weighted by atomic mass is 10.1. The van der Waals surface area contributed by atoms with Crippen molar-refractivity contribution in [2.45, 2.75) is 26.2 Å². The fraction of sp³-hybridized carbons (Fsp3) is 0.278. The first-order chi connectivity index (χ1) is 9.81. The number of anilines is 1. The van der Waals surface area contributed by atoms with Gasteiger partial charge in [0.15, 0.2) is 0 Å². The number of benzene rings is 2. The number of carbonyl (C=O) groups excluding carboxylic acids is 1. The molecular weight excluding hydrogens is 246 g/mol. The summed E-state index contributed by atoms with van der Waals surface area (Å²) in [6.07, 6.45) is 2.57. The molecule has 2 aromatic carbocycles. The van der Waals surface area contributed by atoms with Gasteiger partial charge in [-0.25, -0.2) is 0 Å². The highest BCUT2D eigenvalue weighted by Gasteiger charge is 2.15. The lowest BCUT2D eigenvalue weighted by molar-refractivity contribution is -0.118. The Hall–Kier alpha value is -2.09. The van der Waals surface area contributed by atoms with Gasteiger partial charge in [-0.05, 0) is 24.1 Å². The van der Waals surface area contributed by atoms with E-state index in [2.05, 4.69) is 6.92 Å². The molecule has 0 N–H and O–H groups in total. The van der Waals surface area contributed by atoms with E-state index in [0.717, 1.165) is 30.6 Å². The smallest absolute Gasteiger partial charge is 0.231 e. The predicted octanol–water partition coefficient (Wildman–Crippen LogP) is 4.06. The van der Waals surface area contributed by atoms with E-state index in [-0.39, 0.29) is 5.91 Å². The topological polar surface area (TPSA) is 20.3 Å². The summed E-state index contributed by atoms with van der Waals surface area (Å²) in [5.41, 5.74) is 2.05. The van der Waals surface area contributed by atoms with Gasteiger partial charge in [0, 0.05) is 12.2 Å². The maximum atomic E-state index is 12.5. The van der Waals surface area contributed by atoms with Crippen molar-refractivity contribution in [2.75, 3.05) is 11.4 Å². The molecule has 104 valence electrons. The Balaban J connectivity index is 2.12. The Morgan fingerprint density at radius 3 is 2.15 bits per heavy atom. The highest BCUT2D eigenvalue weighted by Crippen LogP contribution is 2.16. The zero-order valence-corrected chi connectivity index (χ0v) is 12.0. The Kier molecular flexibility index (Phi) is 5.36. The van der Waals surface area contributed by atoms with Crippen molar-refractivity contribution in [3.8, 4) is 0 Å². The summed E-state index contributed by atoms with van der Waals surface area (Å²) in [5.74, 6) is 0.163. The quantitative estimate of drug-likeness (QED) is 0.772. The van der Waals surface area contributed by atoms with E-state index < -0.39 is 0 Å².